The summed E-state index contributed by atoms with van der Waals surface area (Å²) in [7, 11) is 0. The summed E-state index contributed by atoms with van der Waals surface area (Å²) in [4.78, 5) is 42.6. The molecule has 0 aliphatic carbocycles. The van der Waals surface area contributed by atoms with E-state index in [9.17, 15) is 18.8 Å². The number of benzene rings is 2. The lowest BCUT2D eigenvalue weighted by Crippen LogP contribution is -2.54. The highest BCUT2D eigenvalue weighted by Crippen LogP contribution is 2.28. The van der Waals surface area contributed by atoms with Crippen molar-refractivity contribution in [2.45, 2.75) is 12.5 Å². The Kier molecular flexibility index (Phi) is 5.34. The number of nitrogens with zero attached hydrogens (tertiary/aromatic N) is 3. The largest absolute Gasteiger partial charge is 0.336 e. The summed E-state index contributed by atoms with van der Waals surface area (Å²) in [5.74, 6) is -1.47. The van der Waals surface area contributed by atoms with Crippen LogP contribution in [0.2, 0.25) is 5.02 Å². The van der Waals surface area contributed by atoms with Crippen molar-refractivity contribution >= 4 is 35.0 Å². The van der Waals surface area contributed by atoms with E-state index in [0.717, 1.165) is 0 Å². The molecule has 8 heteroatoms. The first kappa shape index (κ1) is 19.5. The highest BCUT2D eigenvalue weighted by atomic mass is 35.5. The number of imide groups is 1. The number of amides is 3. The second kappa shape index (κ2) is 7.93. The molecule has 0 bridgehead atoms. The fourth-order valence-electron chi connectivity index (χ4n) is 3.83. The summed E-state index contributed by atoms with van der Waals surface area (Å²) in [6, 6.07) is 12.0. The number of carbonyl (C=O) groups excluding carboxylic acids is 3. The molecule has 4 rings (SSSR count). The van der Waals surface area contributed by atoms with Gasteiger partial charge >= 0.3 is 0 Å². The Bertz CT molecular complexity index is 975. The summed E-state index contributed by atoms with van der Waals surface area (Å²) >= 11 is 5.99. The molecule has 29 heavy (non-hydrogen) atoms. The topological polar surface area (TPSA) is 60.9 Å². The molecule has 0 saturated carbocycles. The van der Waals surface area contributed by atoms with Crippen LogP contribution in [0.1, 0.15) is 16.8 Å². The number of hydrogen-bond acceptors (Lipinski definition) is 4. The lowest BCUT2D eigenvalue weighted by molar-refractivity contribution is -0.123. The SMILES string of the molecule is O=C(c1ccccc1F)N1CCN([C@H]2CC(=O)N(c3cccc(Cl)c3)C2=O)CC1. The monoisotopic (exact) mass is 415 g/mol. The van der Waals surface area contributed by atoms with E-state index in [1.165, 1.54) is 17.0 Å². The maximum Gasteiger partial charge on any atom is 0.256 e. The van der Waals surface area contributed by atoms with Gasteiger partial charge in [-0.15, -0.1) is 0 Å². The van der Waals surface area contributed by atoms with Crippen LogP contribution >= 0.6 is 11.6 Å². The Morgan fingerprint density at radius 2 is 1.72 bits per heavy atom. The molecule has 1 atom stereocenters. The first-order chi connectivity index (χ1) is 14.0. The van der Waals surface area contributed by atoms with Crippen LogP contribution < -0.4 is 4.90 Å². The Morgan fingerprint density at radius 3 is 2.41 bits per heavy atom. The summed E-state index contributed by atoms with van der Waals surface area (Å²) in [6.07, 6.45) is 0.0899. The van der Waals surface area contributed by atoms with E-state index in [-0.39, 0.29) is 29.7 Å². The molecule has 0 unspecified atom stereocenters. The zero-order valence-corrected chi connectivity index (χ0v) is 16.3. The number of halogens is 2. The van der Waals surface area contributed by atoms with Crippen LogP contribution in [0.5, 0.6) is 0 Å². The normalized spacial score (nSPS) is 20.4. The Hall–Kier alpha value is -2.77. The van der Waals surface area contributed by atoms with Crippen molar-refractivity contribution in [2.75, 3.05) is 31.1 Å². The summed E-state index contributed by atoms with van der Waals surface area (Å²) in [6.45, 7) is 1.60. The fourth-order valence-corrected chi connectivity index (χ4v) is 4.01. The van der Waals surface area contributed by atoms with Crippen molar-refractivity contribution in [2.24, 2.45) is 0 Å². The van der Waals surface area contributed by atoms with E-state index >= 15 is 0 Å². The van der Waals surface area contributed by atoms with Gasteiger partial charge in [-0.3, -0.25) is 19.3 Å². The third kappa shape index (κ3) is 3.75. The van der Waals surface area contributed by atoms with Crippen LogP contribution in [0.15, 0.2) is 48.5 Å². The van der Waals surface area contributed by atoms with Crippen LogP contribution in [0.4, 0.5) is 10.1 Å². The van der Waals surface area contributed by atoms with Crippen LogP contribution in [0.3, 0.4) is 0 Å². The highest BCUT2D eigenvalue weighted by Gasteiger charge is 2.43. The van der Waals surface area contributed by atoms with Gasteiger partial charge in [-0.05, 0) is 30.3 Å². The molecule has 2 aliphatic heterocycles. The van der Waals surface area contributed by atoms with Crippen LogP contribution in [0, 0.1) is 5.82 Å². The van der Waals surface area contributed by atoms with Gasteiger partial charge in [-0.1, -0.05) is 29.8 Å². The van der Waals surface area contributed by atoms with Crippen LogP contribution in [0.25, 0.3) is 0 Å². The predicted molar refractivity (Wildman–Crippen MR) is 106 cm³/mol. The van der Waals surface area contributed by atoms with Crippen molar-refractivity contribution in [3.05, 3.63) is 64.9 Å². The number of hydrogen-bond donors (Lipinski definition) is 0. The third-order valence-corrected chi connectivity index (χ3v) is 5.57. The minimum atomic E-state index is -0.563. The van der Waals surface area contributed by atoms with Gasteiger partial charge in [-0.25, -0.2) is 9.29 Å². The lowest BCUT2D eigenvalue weighted by Gasteiger charge is -2.37. The van der Waals surface area contributed by atoms with Gasteiger partial charge in [0.2, 0.25) is 5.91 Å². The third-order valence-electron chi connectivity index (χ3n) is 5.34. The molecule has 0 spiro atoms. The van der Waals surface area contributed by atoms with Gasteiger partial charge < -0.3 is 4.90 Å². The predicted octanol–water partition coefficient (Wildman–Crippen LogP) is 2.57. The zero-order chi connectivity index (χ0) is 20.5. The molecule has 6 nitrogen and oxygen atoms in total. The van der Waals surface area contributed by atoms with E-state index < -0.39 is 11.9 Å². The molecule has 2 saturated heterocycles. The van der Waals surface area contributed by atoms with E-state index in [1.54, 1.807) is 41.3 Å². The molecule has 0 radical (unpaired) electrons. The molecule has 2 heterocycles. The summed E-state index contributed by atoms with van der Waals surface area (Å²) in [5, 5.41) is 0.451. The molecule has 0 N–H and O–H groups in total. The van der Waals surface area contributed by atoms with Crippen molar-refractivity contribution < 1.29 is 18.8 Å². The standard InChI is InChI=1S/C21H19ClFN3O3/c22-14-4-3-5-15(12-14)26-19(27)13-18(21(26)29)24-8-10-25(11-9-24)20(28)16-6-1-2-7-17(16)23/h1-7,12,18H,8-11,13H2/t18-/m0/s1. The smallest absolute Gasteiger partial charge is 0.256 e. The maximum absolute atomic E-state index is 13.9. The molecule has 2 aromatic carbocycles. The molecule has 150 valence electrons. The number of rotatable bonds is 3. The van der Waals surface area contributed by atoms with Crippen molar-refractivity contribution in [1.82, 2.24) is 9.80 Å². The average molecular weight is 416 g/mol. The summed E-state index contributed by atoms with van der Waals surface area (Å²) in [5.41, 5.74) is 0.503. The van der Waals surface area contributed by atoms with Gasteiger partial charge in [0.25, 0.3) is 11.8 Å². The van der Waals surface area contributed by atoms with Crippen molar-refractivity contribution in [3.63, 3.8) is 0 Å². The maximum atomic E-state index is 13.9. The molecule has 3 amide bonds. The Balaban J connectivity index is 1.43. The van der Waals surface area contributed by atoms with E-state index in [2.05, 4.69) is 0 Å². The molecular formula is C21H19ClFN3O3. The van der Waals surface area contributed by atoms with Crippen LogP contribution in [-0.2, 0) is 9.59 Å². The van der Waals surface area contributed by atoms with E-state index in [0.29, 0.717) is 36.9 Å². The fraction of sp³-hybridized carbons (Fsp3) is 0.286. The van der Waals surface area contributed by atoms with Crippen LogP contribution in [-0.4, -0.2) is 59.7 Å². The van der Waals surface area contributed by atoms with Gasteiger partial charge in [0.05, 0.1) is 23.7 Å². The Morgan fingerprint density at radius 1 is 1.00 bits per heavy atom. The zero-order valence-electron chi connectivity index (χ0n) is 15.6. The van der Waals surface area contributed by atoms with Gasteiger partial charge in [-0.2, -0.15) is 0 Å². The molecule has 2 aromatic rings. The number of piperazine rings is 1. The lowest BCUT2D eigenvalue weighted by atomic mass is 10.1. The minimum absolute atomic E-state index is 0.0419. The van der Waals surface area contributed by atoms with Crippen molar-refractivity contribution in [3.8, 4) is 0 Å². The minimum Gasteiger partial charge on any atom is -0.336 e. The molecule has 0 aromatic heterocycles. The number of carbonyl (C=O) groups is 3. The average Bonchev–Trinajstić information content (AvgIpc) is 3.02. The second-order valence-corrected chi connectivity index (χ2v) is 7.51. The first-order valence-corrected chi connectivity index (χ1v) is 9.74. The summed E-state index contributed by atoms with van der Waals surface area (Å²) < 4.78 is 13.9. The first-order valence-electron chi connectivity index (χ1n) is 9.36. The van der Waals surface area contributed by atoms with Gasteiger partial charge in [0.15, 0.2) is 0 Å². The van der Waals surface area contributed by atoms with E-state index in [1.807, 2.05) is 4.90 Å². The Labute approximate surface area is 172 Å². The number of anilines is 1. The quantitative estimate of drug-likeness (QED) is 0.723. The van der Waals surface area contributed by atoms with E-state index in [4.69, 9.17) is 11.6 Å². The highest BCUT2D eigenvalue weighted by molar-refractivity contribution is 6.31. The molecule has 2 fully saturated rings. The molecule has 2 aliphatic rings. The van der Waals surface area contributed by atoms with Crippen molar-refractivity contribution in [1.29, 1.82) is 0 Å². The molecular weight excluding hydrogens is 397 g/mol. The second-order valence-electron chi connectivity index (χ2n) is 7.08. The van der Waals surface area contributed by atoms with Gasteiger partial charge in [0, 0.05) is 31.2 Å². The van der Waals surface area contributed by atoms with Gasteiger partial charge in [0.1, 0.15) is 5.82 Å².